The van der Waals surface area contributed by atoms with Gasteiger partial charge < -0.3 is 10.2 Å². The van der Waals surface area contributed by atoms with Crippen LogP contribution in [0.2, 0.25) is 0 Å². The average molecular weight is 262 g/mol. The van der Waals surface area contributed by atoms with Gasteiger partial charge in [0, 0.05) is 31.8 Å². The molecule has 0 spiro atoms. The lowest BCUT2D eigenvalue weighted by molar-refractivity contribution is -0.127. The highest BCUT2D eigenvalue weighted by Crippen LogP contribution is 2.15. The minimum Gasteiger partial charge on any atom is -0.336 e. The highest BCUT2D eigenvalue weighted by molar-refractivity contribution is 5.94. The molecule has 102 valence electrons. The number of piperazine rings is 1. The first kappa shape index (κ1) is 13.7. The van der Waals surface area contributed by atoms with E-state index in [4.69, 9.17) is 0 Å². The normalized spacial score (nSPS) is 20.5. The van der Waals surface area contributed by atoms with E-state index in [-0.39, 0.29) is 11.7 Å². The summed E-state index contributed by atoms with van der Waals surface area (Å²) in [6, 6.07) is 6.52. The van der Waals surface area contributed by atoms with E-state index in [1.807, 2.05) is 11.8 Å². The zero-order valence-electron chi connectivity index (χ0n) is 11.3. The van der Waals surface area contributed by atoms with E-state index in [2.05, 4.69) is 12.2 Å². The van der Waals surface area contributed by atoms with Crippen molar-refractivity contribution in [3.63, 3.8) is 0 Å². The zero-order valence-corrected chi connectivity index (χ0v) is 11.3. The van der Waals surface area contributed by atoms with Crippen molar-refractivity contribution in [3.8, 4) is 0 Å². The van der Waals surface area contributed by atoms with E-state index in [1.54, 1.807) is 18.2 Å². The Balaban J connectivity index is 2.07. The smallest absolute Gasteiger partial charge is 0.246 e. The Bertz CT molecular complexity index is 481. The summed E-state index contributed by atoms with van der Waals surface area (Å²) in [5.74, 6) is -0.242. The number of nitrogens with one attached hydrogen (secondary N) is 1. The summed E-state index contributed by atoms with van der Waals surface area (Å²) in [5.41, 5.74) is 1.73. The number of hydrogen-bond donors (Lipinski definition) is 1. The monoisotopic (exact) mass is 262 g/mol. The van der Waals surface area contributed by atoms with E-state index >= 15 is 0 Å². The van der Waals surface area contributed by atoms with Gasteiger partial charge in [0.15, 0.2) is 0 Å². The van der Waals surface area contributed by atoms with Gasteiger partial charge in [0.05, 0.1) is 0 Å². The second kappa shape index (κ2) is 5.97. The number of carbonyl (C=O) groups is 1. The maximum absolute atomic E-state index is 12.8. The number of amides is 1. The second-order valence-corrected chi connectivity index (χ2v) is 4.97. The fourth-order valence-corrected chi connectivity index (χ4v) is 2.21. The van der Waals surface area contributed by atoms with Gasteiger partial charge in [-0.25, -0.2) is 4.39 Å². The van der Waals surface area contributed by atoms with E-state index in [9.17, 15) is 9.18 Å². The van der Waals surface area contributed by atoms with Crippen LogP contribution in [-0.2, 0) is 4.79 Å². The van der Waals surface area contributed by atoms with Gasteiger partial charge in [-0.05, 0) is 37.1 Å². The van der Waals surface area contributed by atoms with Crippen LogP contribution in [0.4, 0.5) is 4.39 Å². The molecule has 0 bridgehead atoms. The van der Waals surface area contributed by atoms with Crippen LogP contribution in [-0.4, -0.2) is 36.5 Å². The van der Waals surface area contributed by atoms with Crippen molar-refractivity contribution in [2.75, 3.05) is 19.6 Å². The summed E-state index contributed by atoms with van der Waals surface area (Å²) in [5, 5.41) is 3.30. The first-order valence-electron chi connectivity index (χ1n) is 6.53. The lowest BCUT2D eigenvalue weighted by atomic mass is 10.1. The molecule has 0 radical (unpaired) electrons. The summed E-state index contributed by atoms with van der Waals surface area (Å²) in [6.45, 7) is 6.23. The minimum atomic E-state index is -0.265. The Morgan fingerprint density at radius 2 is 2.11 bits per heavy atom. The van der Waals surface area contributed by atoms with Crippen molar-refractivity contribution in [2.45, 2.75) is 19.9 Å². The van der Waals surface area contributed by atoms with Crippen molar-refractivity contribution in [3.05, 3.63) is 41.7 Å². The van der Waals surface area contributed by atoms with E-state index in [0.717, 1.165) is 30.8 Å². The van der Waals surface area contributed by atoms with Crippen molar-refractivity contribution < 1.29 is 9.18 Å². The third-order valence-electron chi connectivity index (χ3n) is 3.32. The fourth-order valence-electron chi connectivity index (χ4n) is 2.21. The van der Waals surface area contributed by atoms with Crippen molar-refractivity contribution in [1.29, 1.82) is 0 Å². The molecule has 1 aromatic carbocycles. The molecule has 1 N–H and O–H groups in total. The van der Waals surface area contributed by atoms with Gasteiger partial charge >= 0.3 is 0 Å². The van der Waals surface area contributed by atoms with E-state index in [1.165, 1.54) is 12.1 Å². The van der Waals surface area contributed by atoms with Crippen LogP contribution < -0.4 is 5.32 Å². The maximum atomic E-state index is 12.8. The molecule has 19 heavy (non-hydrogen) atoms. The molecule has 1 heterocycles. The van der Waals surface area contributed by atoms with E-state index < -0.39 is 0 Å². The molecule has 1 saturated heterocycles. The Morgan fingerprint density at radius 3 is 2.74 bits per heavy atom. The molecule has 1 atom stereocenters. The summed E-state index contributed by atoms with van der Waals surface area (Å²) >= 11 is 0. The highest BCUT2D eigenvalue weighted by Gasteiger charge is 2.18. The molecule has 2 rings (SSSR count). The third-order valence-corrected chi connectivity index (χ3v) is 3.32. The lowest BCUT2D eigenvalue weighted by Gasteiger charge is -2.31. The van der Waals surface area contributed by atoms with Gasteiger partial charge in [-0.2, -0.15) is 0 Å². The van der Waals surface area contributed by atoms with Gasteiger partial charge in [-0.1, -0.05) is 12.1 Å². The Hall–Kier alpha value is -1.68. The standard InChI is InChI=1S/C15H19FN2O/c1-11(13-3-5-14(16)6-4-13)9-15(19)18-8-7-17-12(2)10-18/h3-6,9,12,17H,7-8,10H2,1-2H3. The Morgan fingerprint density at radius 1 is 1.42 bits per heavy atom. The van der Waals surface area contributed by atoms with Gasteiger partial charge in [-0.3, -0.25) is 4.79 Å². The highest BCUT2D eigenvalue weighted by atomic mass is 19.1. The van der Waals surface area contributed by atoms with Crippen LogP contribution in [0.5, 0.6) is 0 Å². The SMILES string of the molecule is CC(=CC(=O)N1CCNC(C)C1)c1ccc(F)cc1. The maximum Gasteiger partial charge on any atom is 0.246 e. The zero-order chi connectivity index (χ0) is 13.8. The molecule has 1 amide bonds. The minimum absolute atomic E-state index is 0.0233. The van der Waals surface area contributed by atoms with Gasteiger partial charge in [0.25, 0.3) is 0 Å². The summed E-state index contributed by atoms with van der Waals surface area (Å²) < 4.78 is 12.8. The number of nitrogens with zero attached hydrogens (tertiary/aromatic N) is 1. The number of rotatable bonds is 2. The molecule has 1 aliphatic heterocycles. The molecule has 0 aliphatic carbocycles. The van der Waals surface area contributed by atoms with Gasteiger partial charge in [0.1, 0.15) is 5.82 Å². The predicted molar refractivity (Wildman–Crippen MR) is 74.1 cm³/mol. The molecule has 1 fully saturated rings. The Kier molecular flexibility index (Phi) is 4.32. The van der Waals surface area contributed by atoms with Crippen molar-refractivity contribution in [1.82, 2.24) is 10.2 Å². The summed E-state index contributed by atoms with van der Waals surface area (Å²) in [4.78, 5) is 14.0. The number of carbonyl (C=O) groups excluding carboxylic acids is 1. The molecule has 1 aliphatic rings. The molecule has 1 unspecified atom stereocenters. The molecule has 0 saturated carbocycles. The van der Waals surface area contributed by atoms with Crippen LogP contribution in [0.15, 0.2) is 30.3 Å². The molecule has 3 nitrogen and oxygen atoms in total. The topological polar surface area (TPSA) is 32.3 Å². The summed E-state index contributed by atoms with van der Waals surface area (Å²) in [7, 11) is 0. The predicted octanol–water partition coefficient (Wildman–Crippen LogP) is 2.05. The molecule has 1 aromatic rings. The molecular weight excluding hydrogens is 243 g/mol. The van der Waals surface area contributed by atoms with Gasteiger partial charge in [0.2, 0.25) is 5.91 Å². The largest absolute Gasteiger partial charge is 0.336 e. The first-order valence-corrected chi connectivity index (χ1v) is 6.53. The van der Waals surface area contributed by atoms with Crippen molar-refractivity contribution in [2.24, 2.45) is 0 Å². The van der Waals surface area contributed by atoms with Crippen LogP contribution in [0.1, 0.15) is 19.4 Å². The molecule has 0 aromatic heterocycles. The fraction of sp³-hybridized carbons (Fsp3) is 0.400. The number of hydrogen-bond acceptors (Lipinski definition) is 2. The average Bonchev–Trinajstić information content (AvgIpc) is 2.39. The molecule has 4 heteroatoms. The lowest BCUT2D eigenvalue weighted by Crippen LogP contribution is -2.50. The van der Waals surface area contributed by atoms with Crippen LogP contribution in [0.3, 0.4) is 0 Å². The second-order valence-electron chi connectivity index (χ2n) is 4.97. The first-order chi connectivity index (χ1) is 9.06. The number of allylic oxidation sites excluding steroid dienone is 1. The quantitative estimate of drug-likeness (QED) is 0.827. The van der Waals surface area contributed by atoms with Crippen molar-refractivity contribution >= 4 is 11.5 Å². The van der Waals surface area contributed by atoms with Crippen LogP contribution in [0.25, 0.3) is 5.57 Å². The van der Waals surface area contributed by atoms with E-state index in [0.29, 0.717) is 6.04 Å². The third kappa shape index (κ3) is 3.64. The van der Waals surface area contributed by atoms with Gasteiger partial charge in [-0.15, -0.1) is 0 Å². The number of halogens is 1. The number of benzene rings is 1. The van der Waals surface area contributed by atoms with Crippen LogP contribution >= 0.6 is 0 Å². The van der Waals surface area contributed by atoms with Crippen LogP contribution in [0, 0.1) is 5.82 Å². The molecular formula is C15H19FN2O. The Labute approximate surface area is 113 Å². The summed E-state index contributed by atoms with van der Waals surface area (Å²) in [6.07, 6.45) is 1.63.